The molecule has 1 atom stereocenters. The summed E-state index contributed by atoms with van der Waals surface area (Å²) in [5, 5.41) is 12.0. The van der Waals surface area contributed by atoms with Gasteiger partial charge in [0, 0.05) is 13.7 Å². The number of hydrogen-bond acceptors (Lipinski definition) is 4. The number of phenolic OH excluding ortho intramolecular Hbond substituents is 1. The van der Waals surface area contributed by atoms with Gasteiger partial charge >= 0.3 is 0 Å². The molecule has 1 aromatic rings. The van der Waals surface area contributed by atoms with Gasteiger partial charge in [-0.1, -0.05) is 12.1 Å². The molecule has 16 heavy (non-hydrogen) atoms. The molecule has 0 saturated heterocycles. The van der Waals surface area contributed by atoms with Gasteiger partial charge in [-0.3, -0.25) is 4.79 Å². The third-order valence-corrected chi connectivity index (χ3v) is 2.13. The van der Waals surface area contributed by atoms with Gasteiger partial charge in [-0.15, -0.1) is 0 Å². The quantitative estimate of drug-likeness (QED) is 0.642. The van der Waals surface area contributed by atoms with Crippen LogP contribution in [0.1, 0.15) is 6.42 Å². The summed E-state index contributed by atoms with van der Waals surface area (Å²) < 4.78 is 4.83. The molecule has 0 heterocycles. The van der Waals surface area contributed by atoms with Gasteiger partial charge < -0.3 is 20.9 Å². The normalized spacial score (nSPS) is 12.1. The van der Waals surface area contributed by atoms with E-state index >= 15 is 0 Å². The number of methoxy groups -OCH3 is 1. The lowest BCUT2D eigenvalue weighted by Gasteiger charge is -2.12. The number of benzene rings is 1. The average molecular weight is 224 g/mol. The fourth-order valence-electron chi connectivity index (χ4n) is 1.18. The van der Waals surface area contributed by atoms with Crippen molar-refractivity contribution in [3.63, 3.8) is 0 Å². The van der Waals surface area contributed by atoms with Crippen molar-refractivity contribution in [2.24, 2.45) is 5.73 Å². The van der Waals surface area contributed by atoms with Gasteiger partial charge in [0.05, 0.1) is 11.7 Å². The van der Waals surface area contributed by atoms with Crippen LogP contribution in [0, 0.1) is 0 Å². The molecule has 0 radical (unpaired) electrons. The Morgan fingerprint density at radius 2 is 2.25 bits per heavy atom. The van der Waals surface area contributed by atoms with E-state index in [9.17, 15) is 9.90 Å². The molecule has 1 amide bonds. The maximum Gasteiger partial charge on any atom is 0.241 e. The maximum atomic E-state index is 11.6. The van der Waals surface area contributed by atoms with E-state index in [2.05, 4.69) is 5.32 Å². The number of nitrogens with two attached hydrogens (primary N) is 1. The van der Waals surface area contributed by atoms with Crippen LogP contribution in [0.4, 0.5) is 5.69 Å². The summed E-state index contributed by atoms with van der Waals surface area (Å²) in [6, 6.07) is 5.86. The van der Waals surface area contributed by atoms with Crippen molar-refractivity contribution in [1.29, 1.82) is 0 Å². The van der Waals surface area contributed by atoms with E-state index < -0.39 is 6.04 Å². The van der Waals surface area contributed by atoms with Crippen LogP contribution in [-0.2, 0) is 9.53 Å². The Bertz CT molecular complexity index is 355. The van der Waals surface area contributed by atoms with Gasteiger partial charge in [0.25, 0.3) is 0 Å². The van der Waals surface area contributed by atoms with Gasteiger partial charge in [0.15, 0.2) is 0 Å². The molecule has 0 bridgehead atoms. The summed E-state index contributed by atoms with van der Waals surface area (Å²) in [6.45, 7) is 0.426. The van der Waals surface area contributed by atoms with Crippen LogP contribution in [0.15, 0.2) is 24.3 Å². The molecule has 0 aliphatic rings. The minimum absolute atomic E-state index is 0.0230. The third kappa shape index (κ3) is 3.52. The van der Waals surface area contributed by atoms with Crippen LogP contribution in [0.5, 0.6) is 5.75 Å². The molecule has 5 heteroatoms. The molecule has 0 aliphatic carbocycles. The van der Waals surface area contributed by atoms with Crippen LogP contribution in [0.25, 0.3) is 0 Å². The predicted molar refractivity (Wildman–Crippen MR) is 61.2 cm³/mol. The van der Waals surface area contributed by atoms with Gasteiger partial charge in [-0.25, -0.2) is 0 Å². The van der Waals surface area contributed by atoms with Crippen LogP contribution >= 0.6 is 0 Å². The highest BCUT2D eigenvalue weighted by molar-refractivity contribution is 5.95. The van der Waals surface area contributed by atoms with Crippen molar-refractivity contribution in [1.82, 2.24) is 0 Å². The zero-order valence-electron chi connectivity index (χ0n) is 9.14. The molecule has 1 rings (SSSR count). The lowest BCUT2D eigenvalue weighted by atomic mass is 10.2. The second-order valence-electron chi connectivity index (χ2n) is 3.39. The third-order valence-electron chi connectivity index (χ3n) is 2.13. The number of phenols is 1. The highest BCUT2D eigenvalue weighted by Crippen LogP contribution is 2.21. The number of amides is 1. The van der Waals surface area contributed by atoms with Crippen LogP contribution < -0.4 is 11.1 Å². The zero-order valence-corrected chi connectivity index (χ0v) is 9.14. The topological polar surface area (TPSA) is 84.6 Å². The van der Waals surface area contributed by atoms with E-state index in [1.54, 1.807) is 25.3 Å². The fourth-order valence-corrected chi connectivity index (χ4v) is 1.18. The summed E-state index contributed by atoms with van der Waals surface area (Å²) in [4.78, 5) is 11.6. The minimum Gasteiger partial charge on any atom is -0.506 e. The van der Waals surface area contributed by atoms with Crippen molar-refractivity contribution in [3.8, 4) is 5.75 Å². The van der Waals surface area contributed by atoms with Gasteiger partial charge in [-0.2, -0.15) is 0 Å². The lowest BCUT2D eigenvalue weighted by Crippen LogP contribution is -2.36. The van der Waals surface area contributed by atoms with E-state index in [1.165, 1.54) is 6.07 Å². The first-order chi connectivity index (χ1) is 7.65. The van der Waals surface area contributed by atoms with E-state index in [0.29, 0.717) is 18.7 Å². The number of carbonyl (C=O) groups is 1. The van der Waals surface area contributed by atoms with Gasteiger partial charge in [0.2, 0.25) is 5.91 Å². The van der Waals surface area contributed by atoms with Crippen molar-refractivity contribution in [3.05, 3.63) is 24.3 Å². The summed E-state index contributed by atoms with van der Waals surface area (Å²) in [7, 11) is 1.55. The smallest absolute Gasteiger partial charge is 0.241 e. The number of nitrogens with one attached hydrogen (secondary N) is 1. The van der Waals surface area contributed by atoms with Gasteiger partial charge in [0.1, 0.15) is 5.75 Å². The average Bonchev–Trinajstić information content (AvgIpc) is 2.28. The molecular formula is C11H16N2O3. The van der Waals surface area contributed by atoms with E-state index in [-0.39, 0.29) is 11.7 Å². The number of anilines is 1. The van der Waals surface area contributed by atoms with Crippen LogP contribution in [0.3, 0.4) is 0 Å². The lowest BCUT2D eigenvalue weighted by molar-refractivity contribution is -0.117. The Hall–Kier alpha value is -1.59. The first-order valence-corrected chi connectivity index (χ1v) is 4.98. The van der Waals surface area contributed by atoms with Crippen molar-refractivity contribution in [2.45, 2.75) is 12.5 Å². The molecule has 0 aliphatic heterocycles. The fraction of sp³-hybridized carbons (Fsp3) is 0.364. The summed E-state index contributed by atoms with van der Waals surface area (Å²) in [5.74, 6) is -0.312. The summed E-state index contributed by atoms with van der Waals surface area (Å²) in [6.07, 6.45) is 0.440. The second-order valence-corrected chi connectivity index (χ2v) is 3.39. The van der Waals surface area contributed by atoms with Crippen LogP contribution in [-0.4, -0.2) is 30.8 Å². The summed E-state index contributed by atoms with van der Waals surface area (Å²) >= 11 is 0. The maximum absolute atomic E-state index is 11.6. The predicted octanol–water partition coefficient (Wildman–Crippen LogP) is 0.694. The van der Waals surface area contributed by atoms with E-state index in [4.69, 9.17) is 10.5 Å². The molecule has 0 fully saturated rings. The Morgan fingerprint density at radius 3 is 2.88 bits per heavy atom. The summed E-state index contributed by atoms with van der Waals surface area (Å²) in [5.41, 5.74) is 5.99. The monoisotopic (exact) mass is 224 g/mol. The molecule has 0 saturated carbocycles. The largest absolute Gasteiger partial charge is 0.506 e. The van der Waals surface area contributed by atoms with Crippen molar-refractivity contribution in [2.75, 3.05) is 19.0 Å². The zero-order chi connectivity index (χ0) is 12.0. The Morgan fingerprint density at radius 1 is 1.56 bits per heavy atom. The highest BCUT2D eigenvalue weighted by Gasteiger charge is 2.14. The van der Waals surface area contributed by atoms with Gasteiger partial charge in [-0.05, 0) is 18.6 Å². The van der Waals surface area contributed by atoms with E-state index in [0.717, 1.165) is 0 Å². The number of rotatable bonds is 5. The standard InChI is InChI=1S/C11H16N2O3/c1-16-7-6-8(12)11(15)13-9-4-2-3-5-10(9)14/h2-5,8,14H,6-7,12H2,1H3,(H,13,15). The molecule has 5 nitrogen and oxygen atoms in total. The Balaban J connectivity index is 2.54. The van der Waals surface area contributed by atoms with Crippen molar-refractivity contribution < 1.29 is 14.6 Å². The molecule has 1 unspecified atom stereocenters. The molecule has 88 valence electrons. The molecule has 1 aromatic carbocycles. The number of para-hydroxylation sites is 2. The number of aromatic hydroxyl groups is 1. The number of ether oxygens (including phenoxy) is 1. The highest BCUT2D eigenvalue weighted by atomic mass is 16.5. The van der Waals surface area contributed by atoms with Crippen LogP contribution in [0.2, 0.25) is 0 Å². The van der Waals surface area contributed by atoms with E-state index in [1.807, 2.05) is 0 Å². The Labute approximate surface area is 94.2 Å². The SMILES string of the molecule is COCCC(N)C(=O)Nc1ccccc1O. The molecule has 0 spiro atoms. The number of carbonyl (C=O) groups excluding carboxylic acids is 1. The molecule has 0 aromatic heterocycles. The number of hydrogen-bond donors (Lipinski definition) is 3. The Kier molecular flexibility index (Phi) is 4.75. The van der Waals surface area contributed by atoms with Crippen molar-refractivity contribution >= 4 is 11.6 Å². The minimum atomic E-state index is -0.639. The molecular weight excluding hydrogens is 208 g/mol. The first kappa shape index (κ1) is 12.5. The first-order valence-electron chi connectivity index (χ1n) is 4.98. The second kappa shape index (κ2) is 6.09. The molecule has 4 N–H and O–H groups in total.